The van der Waals surface area contributed by atoms with Crippen molar-refractivity contribution in [2.75, 3.05) is 48.8 Å². The van der Waals surface area contributed by atoms with E-state index in [1.165, 1.54) is 48.3 Å². The molecule has 3 aromatic carbocycles. The van der Waals surface area contributed by atoms with E-state index in [-0.39, 0.29) is 42.4 Å². The van der Waals surface area contributed by atoms with Crippen LogP contribution in [-0.4, -0.2) is 61.9 Å². The van der Waals surface area contributed by atoms with E-state index in [1.54, 1.807) is 25.2 Å². The number of piperazine rings is 1. The fraction of sp³-hybridized carbons (Fsp3) is 0.290. The minimum atomic E-state index is -3.03. The second kappa shape index (κ2) is 11.0. The number of hydrogen-bond acceptors (Lipinski definition) is 6. The van der Waals surface area contributed by atoms with Crippen LogP contribution in [0.5, 0.6) is 0 Å². The Kier molecular flexibility index (Phi) is 7.52. The standard InChI is InChI=1S/C31H29F3N6O3/c1-30(33,34)21-7-4-19(5-8-21)15-40-27(41)16-39(26-11-6-20(14-35)12-24(26)32)29(43)31(40)17-38(18-31)22-9-10-23(28(42)37-3)25(13-22)36-2/h4-13,36H,15-18H2,1-3H3,(H,37,42). The smallest absolute Gasteiger partial charge is 0.270 e. The lowest BCUT2D eigenvalue weighted by Crippen LogP contribution is -2.81. The highest BCUT2D eigenvalue weighted by molar-refractivity contribution is 6.11. The molecule has 0 aromatic heterocycles. The molecular formula is C31H29F3N6O3. The largest absolute Gasteiger partial charge is 0.387 e. The third-order valence-electron chi connectivity index (χ3n) is 7.94. The molecule has 9 nitrogen and oxygen atoms in total. The number of nitriles is 1. The summed E-state index contributed by atoms with van der Waals surface area (Å²) in [6.45, 7) is 0.484. The first-order valence-corrected chi connectivity index (χ1v) is 13.5. The molecule has 2 fully saturated rings. The Bertz CT molecular complexity index is 1640. The SMILES string of the molecule is CNC(=O)c1ccc(N2CC3(C2)C(=O)N(c2ccc(C#N)cc2F)CC(=O)N3Cc2ccc(C(C)(F)F)cc2)cc1NC. The van der Waals surface area contributed by atoms with Crippen LogP contribution in [-0.2, 0) is 22.1 Å². The predicted octanol–water partition coefficient (Wildman–Crippen LogP) is 3.84. The second-order valence-corrected chi connectivity index (χ2v) is 10.7. The average molecular weight is 591 g/mol. The zero-order valence-corrected chi connectivity index (χ0v) is 23.7. The molecule has 0 unspecified atom stereocenters. The van der Waals surface area contributed by atoms with Crippen molar-refractivity contribution in [2.45, 2.75) is 24.9 Å². The number of nitrogens with zero attached hydrogens (tertiary/aromatic N) is 4. The summed E-state index contributed by atoms with van der Waals surface area (Å²) in [5.74, 6) is -5.06. The van der Waals surface area contributed by atoms with Crippen molar-refractivity contribution in [3.63, 3.8) is 0 Å². The Hall–Kier alpha value is -5.05. The molecule has 2 heterocycles. The van der Waals surface area contributed by atoms with E-state index in [1.807, 2.05) is 11.0 Å². The fourth-order valence-electron chi connectivity index (χ4n) is 5.55. The molecule has 2 N–H and O–H groups in total. The normalized spacial score (nSPS) is 16.2. The molecule has 0 radical (unpaired) electrons. The molecule has 3 amide bonds. The maximum atomic E-state index is 15.1. The average Bonchev–Trinajstić information content (AvgIpc) is 2.97. The van der Waals surface area contributed by atoms with Crippen LogP contribution in [0.25, 0.3) is 0 Å². The molecule has 0 atom stereocenters. The zero-order chi connectivity index (χ0) is 31.1. The van der Waals surface area contributed by atoms with Crippen molar-refractivity contribution in [3.8, 4) is 6.07 Å². The highest BCUT2D eigenvalue weighted by Gasteiger charge is 2.60. The van der Waals surface area contributed by atoms with E-state index in [2.05, 4.69) is 10.6 Å². The van der Waals surface area contributed by atoms with Gasteiger partial charge in [-0.05, 0) is 42.0 Å². The summed E-state index contributed by atoms with van der Waals surface area (Å²) in [5, 5.41) is 14.7. The lowest BCUT2D eigenvalue weighted by Gasteiger charge is -2.58. The number of hydrogen-bond donors (Lipinski definition) is 2. The zero-order valence-electron chi connectivity index (χ0n) is 23.7. The maximum Gasteiger partial charge on any atom is 0.270 e. The van der Waals surface area contributed by atoms with Gasteiger partial charge in [0.1, 0.15) is 12.4 Å². The number of alkyl halides is 2. The molecule has 2 aliphatic rings. The molecule has 5 rings (SSSR count). The molecule has 1 spiro atoms. The molecule has 0 aliphatic carbocycles. The van der Waals surface area contributed by atoms with E-state index in [0.29, 0.717) is 22.5 Å². The highest BCUT2D eigenvalue weighted by atomic mass is 19.3. The molecule has 0 saturated carbocycles. The first-order valence-electron chi connectivity index (χ1n) is 13.5. The van der Waals surface area contributed by atoms with Crippen molar-refractivity contribution in [1.29, 1.82) is 5.26 Å². The van der Waals surface area contributed by atoms with Crippen molar-refractivity contribution in [3.05, 3.63) is 88.7 Å². The number of carbonyl (C=O) groups is 3. The van der Waals surface area contributed by atoms with E-state index in [0.717, 1.165) is 17.9 Å². The number of rotatable bonds is 7. The van der Waals surface area contributed by atoms with Gasteiger partial charge in [0.15, 0.2) is 5.54 Å². The Morgan fingerprint density at radius 2 is 1.74 bits per heavy atom. The van der Waals surface area contributed by atoms with E-state index in [4.69, 9.17) is 5.26 Å². The Labute approximate surface area is 246 Å². The van der Waals surface area contributed by atoms with Gasteiger partial charge in [0.25, 0.3) is 17.7 Å². The monoisotopic (exact) mass is 590 g/mol. The minimum Gasteiger partial charge on any atom is -0.387 e. The van der Waals surface area contributed by atoms with Gasteiger partial charge in [0.05, 0.1) is 36.0 Å². The number of amides is 3. The summed E-state index contributed by atoms with van der Waals surface area (Å²) in [6, 6.07) is 16.3. The van der Waals surface area contributed by atoms with Crippen LogP contribution in [0, 0.1) is 17.1 Å². The quantitative estimate of drug-likeness (QED) is 0.433. The predicted molar refractivity (Wildman–Crippen MR) is 154 cm³/mol. The van der Waals surface area contributed by atoms with Gasteiger partial charge >= 0.3 is 0 Å². The number of nitrogens with one attached hydrogen (secondary N) is 2. The van der Waals surface area contributed by atoms with Gasteiger partial charge < -0.3 is 20.4 Å². The van der Waals surface area contributed by atoms with Crippen LogP contribution >= 0.6 is 0 Å². The number of anilines is 3. The van der Waals surface area contributed by atoms with Crippen LogP contribution in [0.1, 0.15) is 34.0 Å². The number of carbonyl (C=O) groups excluding carboxylic acids is 3. The molecular weight excluding hydrogens is 561 g/mol. The van der Waals surface area contributed by atoms with Crippen LogP contribution in [0.2, 0.25) is 0 Å². The summed E-state index contributed by atoms with van der Waals surface area (Å²) in [5.41, 5.74) is 0.637. The summed E-state index contributed by atoms with van der Waals surface area (Å²) in [6.07, 6.45) is 0. The second-order valence-electron chi connectivity index (χ2n) is 10.7. The highest BCUT2D eigenvalue weighted by Crippen LogP contribution is 2.40. The van der Waals surface area contributed by atoms with E-state index in [9.17, 15) is 23.2 Å². The van der Waals surface area contributed by atoms with Crippen LogP contribution in [0.3, 0.4) is 0 Å². The van der Waals surface area contributed by atoms with Crippen molar-refractivity contribution in [2.24, 2.45) is 0 Å². The van der Waals surface area contributed by atoms with Gasteiger partial charge in [0.2, 0.25) is 5.91 Å². The molecule has 2 saturated heterocycles. The molecule has 222 valence electrons. The van der Waals surface area contributed by atoms with Gasteiger partial charge in [0, 0.05) is 44.5 Å². The fourth-order valence-corrected chi connectivity index (χ4v) is 5.55. The lowest BCUT2D eigenvalue weighted by atomic mass is 9.82. The molecule has 12 heteroatoms. The number of halogens is 3. The lowest BCUT2D eigenvalue weighted by molar-refractivity contribution is -0.153. The van der Waals surface area contributed by atoms with Crippen molar-refractivity contribution < 1.29 is 27.6 Å². The molecule has 3 aromatic rings. The van der Waals surface area contributed by atoms with Gasteiger partial charge in [-0.2, -0.15) is 5.26 Å². The third-order valence-corrected chi connectivity index (χ3v) is 7.94. The Morgan fingerprint density at radius 1 is 1.05 bits per heavy atom. The van der Waals surface area contributed by atoms with Crippen LogP contribution in [0.4, 0.5) is 30.2 Å². The summed E-state index contributed by atoms with van der Waals surface area (Å²) in [7, 11) is 3.21. The first kappa shape index (κ1) is 29.4. The van der Waals surface area contributed by atoms with Crippen molar-refractivity contribution in [1.82, 2.24) is 10.2 Å². The first-order chi connectivity index (χ1) is 20.4. The van der Waals surface area contributed by atoms with Gasteiger partial charge in [-0.25, -0.2) is 13.2 Å². The third kappa shape index (κ3) is 5.22. The number of benzene rings is 3. The minimum absolute atomic E-state index is 0.0188. The Balaban J connectivity index is 1.50. The molecule has 2 aliphatic heterocycles. The summed E-state index contributed by atoms with van der Waals surface area (Å²) < 4.78 is 42.6. The topological polar surface area (TPSA) is 109 Å². The van der Waals surface area contributed by atoms with Crippen molar-refractivity contribution >= 4 is 34.8 Å². The van der Waals surface area contributed by atoms with E-state index < -0.39 is 35.6 Å². The molecule has 0 bridgehead atoms. The van der Waals surface area contributed by atoms with Gasteiger partial charge in [-0.3, -0.25) is 19.3 Å². The Morgan fingerprint density at radius 3 is 2.33 bits per heavy atom. The van der Waals surface area contributed by atoms with Crippen LogP contribution in [0.15, 0.2) is 60.7 Å². The van der Waals surface area contributed by atoms with Gasteiger partial charge in [-0.1, -0.05) is 24.3 Å². The van der Waals surface area contributed by atoms with E-state index >= 15 is 4.39 Å². The summed E-state index contributed by atoms with van der Waals surface area (Å²) >= 11 is 0. The molecule has 43 heavy (non-hydrogen) atoms. The maximum absolute atomic E-state index is 15.1. The van der Waals surface area contributed by atoms with Gasteiger partial charge in [-0.15, -0.1) is 0 Å². The summed E-state index contributed by atoms with van der Waals surface area (Å²) in [4.78, 5) is 44.5. The van der Waals surface area contributed by atoms with Crippen LogP contribution < -0.4 is 20.4 Å².